The first-order chi connectivity index (χ1) is 18.7. The van der Waals surface area contributed by atoms with E-state index in [-0.39, 0.29) is 0 Å². The molecule has 190 valence electrons. The summed E-state index contributed by atoms with van der Waals surface area (Å²) in [6, 6.07) is 27.0. The van der Waals surface area contributed by atoms with Gasteiger partial charge < -0.3 is 11.1 Å². The Morgan fingerprint density at radius 2 is 1.63 bits per heavy atom. The number of nitrogens with one attached hydrogen (secondary N) is 1. The number of rotatable bonds is 5. The molecule has 2 aliphatic rings. The van der Waals surface area contributed by atoms with Crippen molar-refractivity contribution in [3.8, 4) is 28.3 Å². The molecule has 2 aromatic carbocycles. The quantitative estimate of drug-likeness (QED) is 0.356. The lowest BCUT2D eigenvalue weighted by Gasteiger charge is -2.48. The zero-order chi connectivity index (χ0) is 25.5. The highest BCUT2D eigenvalue weighted by atomic mass is 15.2. The molecule has 1 spiro atoms. The second kappa shape index (κ2) is 9.35. The van der Waals surface area contributed by atoms with Gasteiger partial charge in [0.25, 0.3) is 0 Å². The van der Waals surface area contributed by atoms with Crippen LogP contribution in [0.1, 0.15) is 18.4 Å². The highest BCUT2D eigenvalue weighted by Gasteiger charge is 2.39. The number of nitrogens with two attached hydrogens (primary N) is 1. The molecule has 2 aliphatic heterocycles. The molecule has 2 saturated heterocycles. The summed E-state index contributed by atoms with van der Waals surface area (Å²) < 4.78 is 2.10. The van der Waals surface area contributed by atoms with Crippen molar-refractivity contribution in [2.75, 3.05) is 31.9 Å². The lowest BCUT2D eigenvalue weighted by Crippen LogP contribution is -2.58. The van der Waals surface area contributed by atoms with Crippen molar-refractivity contribution in [3.05, 3.63) is 90.6 Å². The van der Waals surface area contributed by atoms with Gasteiger partial charge in [0, 0.05) is 37.1 Å². The molecule has 0 amide bonds. The standard InChI is InChI=1S/C31H31N7/c32-28-25(7-4-16-34-28)29-36-27-13-12-26(23-5-2-1-3-6-23)35-30(27)38(29)24-10-8-22(9-11-24)19-37-17-14-31(15-18-37)20-33-21-31/h1-13,16,33H,14-15,17-21H2,(H2,32,34). The number of imidazole rings is 1. The van der Waals surface area contributed by atoms with E-state index in [1.54, 1.807) is 6.20 Å². The van der Waals surface area contributed by atoms with E-state index in [2.05, 4.69) is 56.2 Å². The van der Waals surface area contributed by atoms with Crippen molar-refractivity contribution in [3.63, 3.8) is 0 Å². The minimum atomic E-state index is 0.452. The minimum Gasteiger partial charge on any atom is -0.383 e. The van der Waals surface area contributed by atoms with Crippen LogP contribution in [0.4, 0.5) is 5.82 Å². The molecule has 0 atom stereocenters. The number of nitrogens with zero attached hydrogens (tertiary/aromatic N) is 5. The average molecular weight is 502 g/mol. The van der Waals surface area contributed by atoms with E-state index < -0.39 is 0 Å². The number of likely N-dealkylation sites (tertiary alicyclic amines) is 1. The number of aromatic nitrogens is 4. The van der Waals surface area contributed by atoms with Gasteiger partial charge in [-0.15, -0.1) is 0 Å². The Labute approximate surface area is 222 Å². The van der Waals surface area contributed by atoms with Gasteiger partial charge in [0.15, 0.2) is 11.5 Å². The molecule has 3 N–H and O–H groups in total. The maximum Gasteiger partial charge on any atom is 0.165 e. The van der Waals surface area contributed by atoms with Gasteiger partial charge in [0.1, 0.15) is 11.3 Å². The molecular formula is C31H31N7. The van der Waals surface area contributed by atoms with Gasteiger partial charge in [-0.1, -0.05) is 42.5 Å². The van der Waals surface area contributed by atoms with Crippen LogP contribution < -0.4 is 11.1 Å². The lowest BCUT2D eigenvalue weighted by molar-refractivity contribution is 0.0520. The van der Waals surface area contributed by atoms with Crippen molar-refractivity contribution >= 4 is 17.0 Å². The van der Waals surface area contributed by atoms with E-state index in [1.807, 2.05) is 42.5 Å². The number of hydrogen-bond acceptors (Lipinski definition) is 6. The molecule has 0 aliphatic carbocycles. The van der Waals surface area contributed by atoms with Crippen LogP contribution in [-0.2, 0) is 6.54 Å². The zero-order valence-electron chi connectivity index (χ0n) is 21.3. The van der Waals surface area contributed by atoms with Crippen LogP contribution in [0.15, 0.2) is 85.1 Å². The third-order valence-electron chi connectivity index (χ3n) is 8.17. The normalized spacial score (nSPS) is 17.1. The van der Waals surface area contributed by atoms with Crippen molar-refractivity contribution in [1.29, 1.82) is 0 Å². The monoisotopic (exact) mass is 501 g/mol. The fourth-order valence-electron chi connectivity index (χ4n) is 5.79. The number of piperidine rings is 1. The van der Waals surface area contributed by atoms with Crippen molar-refractivity contribution in [2.24, 2.45) is 5.41 Å². The molecule has 5 aromatic rings. The summed E-state index contributed by atoms with van der Waals surface area (Å²) in [7, 11) is 0. The molecular weight excluding hydrogens is 470 g/mol. The van der Waals surface area contributed by atoms with Crippen LogP contribution in [0.2, 0.25) is 0 Å². The van der Waals surface area contributed by atoms with Crippen LogP contribution in [0, 0.1) is 5.41 Å². The van der Waals surface area contributed by atoms with Crippen LogP contribution in [0.25, 0.3) is 39.5 Å². The SMILES string of the molecule is Nc1ncccc1-c1nc2ccc(-c3ccccc3)nc2n1-c1ccc(CN2CCC3(CC2)CNC3)cc1. The molecule has 7 heteroatoms. The van der Waals surface area contributed by atoms with Crippen molar-refractivity contribution in [1.82, 2.24) is 29.7 Å². The van der Waals surface area contributed by atoms with Gasteiger partial charge in [0.05, 0.1) is 11.3 Å². The Kier molecular flexibility index (Phi) is 5.68. The number of nitrogen functional groups attached to an aromatic ring is 1. The predicted molar refractivity (Wildman–Crippen MR) is 152 cm³/mol. The van der Waals surface area contributed by atoms with Gasteiger partial charge in [-0.2, -0.15) is 0 Å². The fourth-order valence-corrected chi connectivity index (χ4v) is 5.79. The summed E-state index contributed by atoms with van der Waals surface area (Å²) in [6.45, 7) is 5.71. The van der Waals surface area contributed by atoms with Crippen molar-refractivity contribution < 1.29 is 0 Å². The van der Waals surface area contributed by atoms with E-state index in [0.29, 0.717) is 11.2 Å². The Morgan fingerprint density at radius 1 is 0.842 bits per heavy atom. The summed E-state index contributed by atoms with van der Waals surface area (Å²) >= 11 is 0. The topological polar surface area (TPSA) is 84.9 Å². The van der Waals surface area contributed by atoms with Gasteiger partial charge in [-0.3, -0.25) is 9.47 Å². The average Bonchev–Trinajstić information content (AvgIpc) is 3.32. The van der Waals surface area contributed by atoms with Crippen molar-refractivity contribution in [2.45, 2.75) is 19.4 Å². The number of fused-ring (bicyclic) bond motifs is 1. The van der Waals surface area contributed by atoms with Crippen LogP contribution in [-0.4, -0.2) is 50.6 Å². The predicted octanol–water partition coefficient (Wildman–Crippen LogP) is 4.92. The maximum absolute atomic E-state index is 6.31. The summed E-state index contributed by atoms with van der Waals surface area (Å²) in [5, 5.41) is 3.46. The van der Waals surface area contributed by atoms with Gasteiger partial charge >= 0.3 is 0 Å². The summed E-state index contributed by atoms with van der Waals surface area (Å²) in [4.78, 5) is 16.9. The van der Waals surface area contributed by atoms with Crippen LogP contribution >= 0.6 is 0 Å². The molecule has 3 aromatic heterocycles. The maximum atomic E-state index is 6.31. The first kappa shape index (κ1) is 23.1. The first-order valence-corrected chi connectivity index (χ1v) is 13.4. The molecule has 38 heavy (non-hydrogen) atoms. The number of pyridine rings is 2. The van der Waals surface area contributed by atoms with Gasteiger partial charge in [-0.05, 0) is 73.3 Å². The Bertz CT molecular complexity index is 1580. The molecule has 7 rings (SSSR count). The highest BCUT2D eigenvalue weighted by Crippen LogP contribution is 2.36. The molecule has 0 unspecified atom stereocenters. The summed E-state index contributed by atoms with van der Waals surface area (Å²) in [6.07, 6.45) is 4.30. The highest BCUT2D eigenvalue weighted by molar-refractivity contribution is 5.84. The third kappa shape index (κ3) is 4.14. The summed E-state index contributed by atoms with van der Waals surface area (Å²) in [5.74, 6) is 1.19. The lowest BCUT2D eigenvalue weighted by atomic mass is 9.73. The second-order valence-electron chi connectivity index (χ2n) is 10.7. The van der Waals surface area contributed by atoms with E-state index >= 15 is 0 Å². The number of hydrogen-bond donors (Lipinski definition) is 2. The van der Waals surface area contributed by atoms with E-state index in [9.17, 15) is 0 Å². The molecule has 5 heterocycles. The number of benzene rings is 2. The third-order valence-corrected chi connectivity index (χ3v) is 8.17. The fraction of sp³-hybridized carbons (Fsp3) is 0.258. The zero-order valence-corrected chi connectivity index (χ0v) is 21.3. The van der Waals surface area contributed by atoms with E-state index in [0.717, 1.165) is 46.0 Å². The minimum absolute atomic E-state index is 0.452. The van der Waals surface area contributed by atoms with Gasteiger partial charge in [0.2, 0.25) is 0 Å². The molecule has 0 saturated carbocycles. The Morgan fingerprint density at radius 3 is 2.34 bits per heavy atom. The second-order valence-corrected chi connectivity index (χ2v) is 10.7. The Balaban J connectivity index is 1.25. The van der Waals surface area contributed by atoms with E-state index in [1.165, 1.54) is 44.6 Å². The molecule has 7 nitrogen and oxygen atoms in total. The summed E-state index contributed by atoms with van der Waals surface area (Å²) in [5.41, 5.74) is 13.6. The van der Waals surface area contributed by atoms with Crippen LogP contribution in [0.5, 0.6) is 0 Å². The van der Waals surface area contributed by atoms with Gasteiger partial charge in [-0.25, -0.2) is 15.0 Å². The largest absolute Gasteiger partial charge is 0.383 e. The number of anilines is 1. The first-order valence-electron chi connectivity index (χ1n) is 13.4. The molecule has 0 bridgehead atoms. The van der Waals surface area contributed by atoms with Crippen LogP contribution in [0.3, 0.4) is 0 Å². The molecule has 2 fully saturated rings. The Hall–Kier alpha value is -4.07. The molecule has 0 radical (unpaired) electrons. The smallest absolute Gasteiger partial charge is 0.165 e. The van der Waals surface area contributed by atoms with E-state index in [4.69, 9.17) is 15.7 Å².